The first-order chi connectivity index (χ1) is 8.13. The fourth-order valence-electron chi connectivity index (χ4n) is 1.51. The summed E-state index contributed by atoms with van der Waals surface area (Å²) in [4.78, 5) is 0. The van der Waals surface area contributed by atoms with Crippen LogP contribution < -0.4 is 10.6 Å². The molecule has 0 heterocycles. The highest BCUT2D eigenvalue weighted by Crippen LogP contribution is 2.15. The normalized spacial score (nSPS) is 12.7. The van der Waals surface area contributed by atoms with Crippen LogP contribution in [0.5, 0.6) is 0 Å². The van der Waals surface area contributed by atoms with E-state index >= 15 is 0 Å². The van der Waals surface area contributed by atoms with Gasteiger partial charge in [0, 0.05) is 19.1 Å². The van der Waals surface area contributed by atoms with Crippen molar-refractivity contribution >= 4 is 11.6 Å². The van der Waals surface area contributed by atoms with E-state index in [-0.39, 0.29) is 10.8 Å². The lowest BCUT2D eigenvalue weighted by molar-refractivity contribution is 0.501. The van der Waals surface area contributed by atoms with E-state index in [1.807, 2.05) is 0 Å². The molecule has 0 fully saturated rings. The van der Waals surface area contributed by atoms with Crippen LogP contribution in [0.15, 0.2) is 18.2 Å². The first-order valence-electron chi connectivity index (χ1n) is 6.01. The molecule has 0 aliphatic rings. The van der Waals surface area contributed by atoms with E-state index in [9.17, 15) is 4.39 Å². The summed E-state index contributed by atoms with van der Waals surface area (Å²) in [5, 5.41) is 6.89. The number of hydrogen-bond acceptors (Lipinski definition) is 2. The van der Waals surface area contributed by atoms with E-state index in [1.54, 1.807) is 12.1 Å². The largest absolute Gasteiger partial charge is 0.315 e. The first-order valence-corrected chi connectivity index (χ1v) is 6.39. The molecule has 96 valence electrons. The fraction of sp³-hybridized carbons (Fsp3) is 0.538. The Bertz CT molecular complexity index is 344. The summed E-state index contributed by atoms with van der Waals surface area (Å²) < 4.78 is 12.9. The third kappa shape index (κ3) is 5.48. The Hall–Kier alpha value is -0.640. The van der Waals surface area contributed by atoms with Crippen molar-refractivity contribution in [2.24, 2.45) is 0 Å². The average Bonchev–Trinajstić information content (AvgIpc) is 2.31. The van der Waals surface area contributed by atoms with Crippen molar-refractivity contribution in [1.29, 1.82) is 0 Å². The van der Waals surface area contributed by atoms with Crippen LogP contribution in [0.3, 0.4) is 0 Å². The molecule has 1 atom stereocenters. The summed E-state index contributed by atoms with van der Waals surface area (Å²) >= 11 is 5.72. The number of nitrogens with one attached hydrogen (secondary N) is 2. The van der Waals surface area contributed by atoms with Gasteiger partial charge in [-0.05, 0) is 37.6 Å². The molecule has 1 aromatic carbocycles. The van der Waals surface area contributed by atoms with Crippen LogP contribution >= 0.6 is 11.6 Å². The van der Waals surface area contributed by atoms with Crippen LogP contribution in [0, 0.1) is 5.82 Å². The van der Waals surface area contributed by atoms with Gasteiger partial charge in [-0.2, -0.15) is 0 Å². The Labute approximate surface area is 108 Å². The van der Waals surface area contributed by atoms with Crippen molar-refractivity contribution in [3.63, 3.8) is 0 Å². The summed E-state index contributed by atoms with van der Waals surface area (Å²) in [5.41, 5.74) is 0.999. The molecule has 2 N–H and O–H groups in total. The average molecular weight is 259 g/mol. The Balaban J connectivity index is 2.31. The minimum atomic E-state index is -0.368. The fourth-order valence-corrected chi connectivity index (χ4v) is 1.71. The SMILES string of the molecule is CCCNCC(C)NCc1ccc(F)c(Cl)c1. The summed E-state index contributed by atoms with van der Waals surface area (Å²) in [6.45, 7) is 6.94. The van der Waals surface area contributed by atoms with Gasteiger partial charge in [-0.1, -0.05) is 24.6 Å². The molecule has 2 nitrogen and oxygen atoms in total. The molecule has 1 rings (SSSR count). The van der Waals surface area contributed by atoms with Crippen molar-refractivity contribution in [1.82, 2.24) is 10.6 Å². The van der Waals surface area contributed by atoms with Crippen LogP contribution in [0.1, 0.15) is 25.8 Å². The van der Waals surface area contributed by atoms with Gasteiger partial charge in [0.25, 0.3) is 0 Å². The molecule has 17 heavy (non-hydrogen) atoms. The van der Waals surface area contributed by atoms with Crippen LogP contribution in [0.4, 0.5) is 4.39 Å². The lowest BCUT2D eigenvalue weighted by Crippen LogP contribution is -2.36. The number of rotatable bonds is 7. The molecule has 4 heteroatoms. The highest BCUT2D eigenvalue weighted by molar-refractivity contribution is 6.30. The van der Waals surface area contributed by atoms with Crippen molar-refractivity contribution in [2.45, 2.75) is 32.9 Å². The Kier molecular flexibility index (Phi) is 6.48. The zero-order valence-corrected chi connectivity index (χ0v) is 11.1. The lowest BCUT2D eigenvalue weighted by atomic mass is 10.2. The maximum absolute atomic E-state index is 12.9. The number of halogens is 2. The third-order valence-corrected chi connectivity index (χ3v) is 2.81. The predicted molar refractivity (Wildman–Crippen MR) is 70.9 cm³/mol. The molecule has 0 bridgehead atoms. The maximum atomic E-state index is 12.9. The summed E-state index contributed by atoms with van der Waals surface area (Å²) in [6, 6.07) is 5.20. The van der Waals surface area contributed by atoms with Gasteiger partial charge in [0.05, 0.1) is 5.02 Å². The topological polar surface area (TPSA) is 24.1 Å². The molecule has 1 unspecified atom stereocenters. The quantitative estimate of drug-likeness (QED) is 0.735. The van der Waals surface area contributed by atoms with E-state index < -0.39 is 0 Å². The molecule has 0 aliphatic heterocycles. The second-order valence-electron chi connectivity index (χ2n) is 4.23. The minimum absolute atomic E-state index is 0.182. The van der Waals surface area contributed by atoms with E-state index in [4.69, 9.17) is 11.6 Å². The molecule has 0 saturated heterocycles. The Morgan fingerprint density at radius 3 is 2.82 bits per heavy atom. The van der Waals surface area contributed by atoms with Gasteiger partial charge in [-0.25, -0.2) is 4.39 Å². The molecular weight excluding hydrogens is 239 g/mol. The molecule has 0 saturated carbocycles. The molecule has 0 amide bonds. The predicted octanol–water partition coefficient (Wildman–Crippen LogP) is 2.96. The highest BCUT2D eigenvalue weighted by Gasteiger charge is 2.03. The summed E-state index contributed by atoms with van der Waals surface area (Å²) in [6.07, 6.45) is 1.14. The molecule has 1 aromatic rings. The zero-order valence-electron chi connectivity index (χ0n) is 10.4. The van der Waals surface area contributed by atoms with Gasteiger partial charge < -0.3 is 10.6 Å². The van der Waals surface area contributed by atoms with Crippen LogP contribution in [-0.2, 0) is 6.54 Å². The Morgan fingerprint density at radius 2 is 2.18 bits per heavy atom. The van der Waals surface area contributed by atoms with Gasteiger partial charge in [0.1, 0.15) is 5.82 Å². The minimum Gasteiger partial charge on any atom is -0.315 e. The van der Waals surface area contributed by atoms with Crippen LogP contribution in [0.25, 0.3) is 0 Å². The monoisotopic (exact) mass is 258 g/mol. The molecular formula is C13H20ClFN2. The van der Waals surface area contributed by atoms with Crippen LogP contribution in [-0.4, -0.2) is 19.1 Å². The summed E-state index contributed by atoms with van der Waals surface area (Å²) in [5.74, 6) is -0.368. The van der Waals surface area contributed by atoms with Crippen molar-refractivity contribution in [3.8, 4) is 0 Å². The number of hydrogen-bond donors (Lipinski definition) is 2. The first kappa shape index (κ1) is 14.4. The standard InChI is InChI=1S/C13H20ClFN2/c1-3-6-16-8-10(2)17-9-11-4-5-13(15)12(14)7-11/h4-5,7,10,16-17H,3,6,8-9H2,1-2H3. The highest BCUT2D eigenvalue weighted by atomic mass is 35.5. The second kappa shape index (κ2) is 7.64. The molecule has 0 radical (unpaired) electrons. The number of benzene rings is 1. The van der Waals surface area contributed by atoms with Gasteiger partial charge in [-0.15, -0.1) is 0 Å². The zero-order chi connectivity index (χ0) is 12.7. The van der Waals surface area contributed by atoms with Crippen molar-refractivity contribution in [2.75, 3.05) is 13.1 Å². The maximum Gasteiger partial charge on any atom is 0.141 e. The van der Waals surface area contributed by atoms with Crippen LogP contribution in [0.2, 0.25) is 5.02 Å². The second-order valence-corrected chi connectivity index (χ2v) is 4.64. The van der Waals surface area contributed by atoms with E-state index in [0.29, 0.717) is 12.6 Å². The lowest BCUT2D eigenvalue weighted by Gasteiger charge is -2.14. The Morgan fingerprint density at radius 1 is 1.41 bits per heavy atom. The molecule has 0 aliphatic carbocycles. The van der Waals surface area contributed by atoms with E-state index in [1.165, 1.54) is 6.07 Å². The van der Waals surface area contributed by atoms with Gasteiger partial charge >= 0.3 is 0 Å². The summed E-state index contributed by atoms with van der Waals surface area (Å²) in [7, 11) is 0. The van der Waals surface area contributed by atoms with Gasteiger partial charge in [0.15, 0.2) is 0 Å². The van der Waals surface area contributed by atoms with Crippen molar-refractivity contribution < 1.29 is 4.39 Å². The third-order valence-electron chi connectivity index (χ3n) is 2.52. The molecule has 0 aromatic heterocycles. The smallest absolute Gasteiger partial charge is 0.141 e. The van der Waals surface area contributed by atoms with Gasteiger partial charge in [0.2, 0.25) is 0 Å². The van der Waals surface area contributed by atoms with Gasteiger partial charge in [-0.3, -0.25) is 0 Å². The van der Waals surface area contributed by atoms with E-state index in [0.717, 1.165) is 25.1 Å². The van der Waals surface area contributed by atoms with Crippen molar-refractivity contribution in [3.05, 3.63) is 34.6 Å². The van der Waals surface area contributed by atoms with E-state index in [2.05, 4.69) is 24.5 Å². The molecule has 0 spiro atoms.